The molecule has 0 atom stereocenters. The zero-order valence-corrected chi connectivity index (χ0v) is 10.8. The quantitative estimate of drug-likeness (QED) is 0.921. The topological polar surface area (TPSA) is 75.8 Å². The van der Waals surface area contributed by atoms with E-state index >= 15 is 0 Å². The standard InChI is InChI=1S/C14H14N2O4/c17-14(18)12-9-13(20-15-12)10-1-3-11(4-2-10)16-5-7-19-8-6-16/h1-4,9H,5-8H2,(H,17,18). The molecule has 1 aromatic carbocycles. The van der Waals surface area contributed by atoms with Crippen molar-refractivity contribution in [3.63, 3.8) is 0 Å². The molecule has 0 amide bonds. The van der Waals surface area contributed by atoms with Crippen LogP contribution in [0, 0.1) is 0 Å². The zero-order chi connectivity index (χ0) is 13.9. The van der Waals surface area contributed by atoms with Crippen LogP contribution in [0.2, 0.25) is 0 Å². The Morgan fingerprint density at radius 3 is 2.50 bits per heavy atom. The molecule has 0 saturated carbocycles. The van der Waals surface area contributed by atoms with Crippen molar-refractivity contribution in [2.75, 3.05) is 31.2 Å². The maximum Gasteiger partial charge on any atom is 0.358 e. The van der Waals surface area contributed by atoms with E-state index in [1.54, 1.807) is 0 Å². The molecular formula is C14H14N2O4. The first kappa shape index (κ1) is 12.7. The summed E-state index contributed by atoms with van der Waals surface area (Å²) >= 11 is 0. The third-order valence-corrected chi connectivity index (χ3v) is 3.26. The highest BCUT2D eigenvalue weighted by atomic mass is 16.5. The molecule has 104 valence electrons. The van der Waals surface area contributed by atoms with Gasteiger partial charge in [-0.25, -0.2) is 4.79 Å². The molecule has 0 radical (unpaired) electrons. The highest BCUT2D eigenvalue weighted by Crippen LogP contribution is 2.24. The van der Waals surface area contributed by atoms with Crippen LogP contribution in [0.25, 0.3) is 11.3 Å². The van der Waals surface area contributed by atoms with Crippen LogP contribution < -0.4 is 4.90 Å². The number of hydrogen-bond donors (Lipinski definition) is 1. The predicted octanol–water partition coefficient (Wildman–Crippen LogP) is 1.88. The maximum atomic E-state index is 10.8. The van der Waals surface area contributed by atoms with Gasteiger partial charge < -0.3 is 19.3 Å². The van der Waals surface area contributed by atoms with Gasteiger partial charge in [-0.1, -0.05) is 5.16 Å². The third-order valence-electron chi connectivity index (χ3n) is 3.26. The number of rotatable bonds is 3. The van der Waals surface area contributed by atoms with Gasteiger partial charge in [-0.05, 0) is 24.3 Å². The van der Waals surface area contributed by atoms with Gasteiger partial charge in [0.2, 0.25) is 0 Å². The van der Waals surface area contributed by atoms with E-state index in [4.69, 9.17) is 14.4 Å². The Bertz CT molecular complexity index is 600. The van der Waals surface area contributed by atoms with E-state index in [2.05, 4.69) is 10.1 Å². The Hall–Kier alpha value is -2.34. The lowest BCUT2D eigenvalue weighted by Crippen LogP contribution is -2.36. The van der Waals surface area contributed by atoms with Crippen molar-refractivity contribution in [3.8, 4) is 11.3 Å². The number of hydrogen-bond acceptors (Lipinski definition) is 5. The maximum absolute atomic E-state index is 10.8. The summed E-state index contributed by atoms with van der Waals surface area (Å²) in [6, 6.07) is 9.20. The summed E-state index contributed by atoms with van der Waals surface area (Å²) in [7, 11) is 0. The summed E-state index contributed by atoms with van der Waals surface area (Å²) in [6.45, 7) is 3.24. The zero-order valence-electron chi connectivity index (χ0n) is 10.8. The van der Waals surface area contributed by atoms with Gasteiger partial charge in [0, 0.05) is 30.4 Å². The average Bonchev–Trinajstić information content (AvgIpc) is 2.98. The Kier molecular flexibility index (Phi) is 3.39. The smallest absolute Gasteiger partial charge is 0.358 e. The second-order valence-electron chi connectivity index (χ2n) is 4.53. The van der Waals surface area contributed by atoms with E-state index in [9.17, 15) is 4.79 Å². The Labute approximate surface area is 115 Å². The molecule has 0 spiro atoms. The second kappa shape index (κ2) is 5.34. The molecule has 2 aromatic rings. The van der Waals surface area contributed by atoms with Crippen LogP contribution in [0.1, 0.15) is 10.5 Å². The Balaban J connectivity index is 1.79. The number of carboxylic acids is 1. The largest absolute Gasteiger partial charge is 0.476 e. The van der Waals surface area contributed by atoms with Gasteiger partial charge in [0.15, 0.2) is 11.5 Å². The lowest BCUT2D eigenvalue weighted by Gasteiger charge is -2.28. The first-order valence-corrected chi connectivity index (χ1v) is 6.37. The molecule has 0 unspecified atom stereocenters. The van der Waals surface area contributed by atoms with Crippen LogP contribution in [0.15, 0.2) is 34.9 Å². The van der Waals surface area contributed by atoms with Crippen LogP contribution >= 0.6 is 0 Å². The van der Waals surface area contributed by atoms with Crippen LogP contribution in [-0.2, 0) is 4.74 Å². The van der Waals surface area contributed by atoms with Gasteiger partial charge >= 0.3 is 5.97 Å². The van der Waals surface area contributed by atoms with E-state index in [-0.39, 0.29) is 5.69 Å². The third kappa shape index (κ3) is 2.50. The second-order valence-corrected chi connectivity index (χ2v) is 4.53. The molecule has 1 aliphatic heterocycles. The molecular weight excluding hydrogens is 260 g/mol. The number of anilines is 1. The molecule has 6 nitrogen and oxygen atoms in total. The number of morpholine rings is 1. The molecule has 1 N–H and O–H groups in total. The van der Waals surface area contributed by atoms with Crippen LogP contribution in [0.3, 0.4) is 0 Å². The first-order valence-electron chi connectivity index (χ1n) is 6.37. The minimum Gasteiger partial charge on any atom is -0.476 e. The van der Waals surface area contributed by atoms with Crippen LogP contribution in [0.5, 0.6) is 0 Å². The summed E-state index contributed by atoms with van der Waals surface area (Å²) in [5.74, 6) is -0.638. The highest BCUT2D eigenvalue weighted by Gasteiger charge is 2.14. The van der Waals surface area contributed by atoms with E-state index in [0.717, 1.165) is 37.6 Å². The SMILES string of the molecule is O=C(O)c1cc(-c2ccc(N3CCOCC3)cc2)on1. The lowest BCUT2D eigenvalue weighted by atomic mass is 10.1. The Morgan fingerprint density at radius 2 is 1.90 bits per heavy atom. The molecule has 0 bridgehead atoms. The van der Waals surface area contributed by atoms with Crippen molar-refractivity contribution in [2.45, 2.75) is 0 Å². The van der Waals surface area contributed by atoms with E-state index in [0.29, 0.717) is 5.76 Å². The molecule has 20 heavy (non-hydrogen) atoms. The fraction of sp³-hybridized carbons (Fsp3) is 0.286. The number of aromatic carboxylic acids is 1. The average molecular weight is 274 g/mol. The molecule has 1 aliphatic rings. The van der Waals surface area contributed by atoms with E-state index in [1.165, 1.54) is 6.07 Å². The van der Waals surface area contributed by atoms with Crippen molar-refractivity contribution >= 4 is 11.7 Å². The number of benzene rings is 1. The normalized spacial score (nSPS) is 15.3. The van der Waals surface area contributed by atoms with Gasteiger partial charge in [-0.3, -0.25) is 0 Å². The molecule has 2 heterocycles. The van der Waals surface area contributed by atoms with Gasteiger partial charge in [0.1, 0.15) is 0 Å². The lowest BCUT2D eigenvalue weighted by molar-refractivity contribution is 0.0686. The van der Waals surface area contributed by atoms with Gasteiger partial charge in [-0.2, -0.15) is 0 Å². The van der Waals surface area contributed by atoms with E-state index < -0.39 is 5.97 Å². The predicted molar refractivity (Wildman–Crippen MR) is 71.9 cm³/mol. The van der Waals surface area contributed by atoms with Crippen LogP contribution in [-0.4, -0.2) is 42.5 Å². The molecule has 1 saturated heterocycles. The highest BCUT2D eigenvalue weighted by molar-refractivity contribution is 5.86. The number of nitrogens with zero attached hydrogens (tertiary/aromatic N) is 2. The summed E-state index contributed by atoms with van der Waals surface area (Å²) < 4.78 is 10.4. The number of carbonyl (C=O) groups is 1. The van der Waals surface area contributed by atoms with Crippen molar-refractivity contribution in [1.29, 1.82) is 0 Å². The van der Waals surface area contributed by atoms with Crippen molar-refractivity contribution in [2.24, 2.45) is 0 Å². The number of ether oxygens (including phenoxy) is 1. The minimum atomic E-state index is -1.09. The first-order chi connectivity index (χ1) is 9.74. The van der Waals surface area contributed by atoms with Gasteiger partial charge in [-0.15, -0.1) is 0 Å². The molecule has 1 fully saturated rings. The van der Waals surface area contributed by atoms with Crippen molar-refractivity contribution < 1.29 is 19.2 Å². The summed E-state index contributed by atoms with van der Waals surface area (Å²) in [5.41, 5.74) is 1.84. The number of carboxylic acid groups (broad SMARTS) is 1. The molecule has 3 rings (SSSR count). The van der Waals surface area contributed by atoms with Crippen molar-refractivity contribution in [3.05, 3.63) is 36.0 Å². The fourth-order valence-corrected chi connectivity index (χ4v) is 2.17. The van der Waals surface area contributed by atoms with Crippen molar-refractivity contribution in [1.82, 2.24) is 5.16 Å². The monoisotopic (exact) mass is 274 g/mol. The fourth-order valence-electron chi connectivity index (χ4n) is 2.17. The van der Waals surface area contributed by atoms with Gasteiger partial charge in [0.05, 0.1) is 13.2 Å². The molecule has 1 aromatic heterocycles. The summed E-state index contributed by atoms with van der Waals surface area (Å²) in [4.78, 5) is 13.0. The molecule has 6 heteroatoms. The minimum absolute atomic E-state index is 0.0859. The summed E-state index contributed by atoms with van der Waals surface area (Å²) in [6.07, 6.45) is 0. The number of aromatic nitrogens is 1. The Morgan fingerprint density at radius 1 is 1.20 bits per heavy atom. The summed E-state index contributed by atoms with van der Waals surface area (Å²) in [5, 5.41) is 12.3. The van der Waals surface area contributed by atoms with Crippen LogP contribution in [0.4, 0.5) is 5.69 Å². The van der Waals surface area contributed by atoms with E-state index in [1.807, 2.05) is 24.3 Å². The molecule has 0 aliphatic carbocycles. The van der Waals surface area contributed by atoms with Gasteiger partial charge in [0.25, 0.3) is 0 Å².